The van der Waals surface area contributed by atoms with E-state index in [9.17, 15) is 9.18 Å². The Balaban J connectivity index is 1.48. The van der Waals surface area contributed by atoms with Gasteiger partial charge in [0.25, 0.3) is 0 Å². The number of rotatable bonds is 4. The van der Waals surface area contributed by atoms with Crippen molar-refractivity contribution in [3.8, 4) is 11.4 Å². The summed E-state index contributed by atoms with van der Waals surface area (Å²) >= 11 is 0. The Morgan fingerprint density at radius 1 is 1.00 bits per heavy atom. The number of nitrogens with zero attached hydrogens (tertiary/aromatic N) is 3. The van der Waals surface area contributed by atoms with Crippen LogP contribution in [-0.2, 0) is 10.2 Å². The van der Waals surface area contributed by atoms with Crippen LogP contribution in [0.5, 0.6) is 0 Å². The lowest BCUT2D eigenvalue weighted by Gasteiger charge is -2.36. The molecule has 0 N–H and O–H groups in total. The molecule has 158 valence electrons. The number of halogens is 1. The maximum atomic E-state index is 14.0. The molecule has 1 aliphatic carbocycles. The van der Waals surface area contributed by atoms with Crippen molar-refractivity contribution in [3.05, 3.63) is 83.9 Å². The monoisotopic (exact) mass is 415 g/mol. The Bertz CT molecular complexity index is 1080. The van der Waals surface area contributed by atoms with Crippen LogP contribution < -0.4 is 0 Å². The van der Waals surface area contributed by atoms with E-state index >= 15 is 0 Å². The quantitative estimate of drug-likeness (QED) is 0.569. The van der Waals surface area contributed by atoms with Crippen LogP contribution in [0.3, 0.4) is 0 Å². The Morgan fingerprint density at radius 3 is 2.58 bits per heavy atom. The first-order chi connectivity index (χ1) is 15.2. The van der Waals surface area contributed by atoms with Gasteiger partial charge in [-0.3, -0.25) is 4.79 Å². The van der Waals surface area contributed by atoms with E-state index in [0.717, 1.165) is 55.3 Å². The molecule has 2 aromatic carbocycles. The summed E-state index contributed by atoms with van der Waals surface area (Å²) < 4.78 is 14.0. The van der Waals surface area contributed by atoms with Gasteiger partial charge in [0.2, 0.25) is 5.91 Å². The molecular formula is C26H26FN3O. The summed E-state index contributed by atoms with van der Waals surface area (Å²) in [5.41, 5.74) is 2.03. The highest BCUT2D eigenvalue weighted by molar-refractivity contribution is 5.89. The zero-order valence-electron chi connectivity index (χ0n) is 17.5. The van der Waals surface area contributed by atoms with Crippen molar-refractivity contribution in [1.82, 2.24) is 14.9 Å². The lowest BCUT2D eigenvalue weighted by molar-refractivity contribution is -0.138. The number of benzene rings is 2. The molecule has 2 aliphatic rings. The summed E-state index contributed by atoms with van der Waals surface area (Å²) in [4.78, 5) is 25.2. The fourth-order valence-electron chi connectivity index (χ4n) is 5.27. The van der Waals surface area contributed by atoms with Gasteiger partial charge in [0, 0.05) is 18.3 Å². The van der Waals surface area contributed by atoms with Crippen LogP contribution in [0.25, 0.3) is 11.4 Å². The van der Waals surface area contributed by atoms with Gasteiger partial charge in [0.1, 0.15) is 5.82 Å². The Hall–Kier alpha value is -3.08. The molecule has 1 saturated heterocycles. The zero-order chi connectivity index (χ0) is 21.3. The van der Waals surface area contributed by atoms with E-state index in [1.165, 1.54) is 6.07 Å². The van der Waals surface area contributed by atoms with Crippen LogP contribution in [0.2, 0.25) is 0 Å². The van der Waals surface area contributed by atoms with Crippen LogP contribution in [0.15, 0.2) is 66.9 Å². The van der Waals surface area contributed by atoms with E-state index in [1.807, 2.05) is 47.4 Å². The first-order valence-electron chi connectivity index (χ1n) is 11.1. The molecular weight excluding hydrogens is 389 g/mol. The maximum Gasteiger partial charge on any atom is 0.233 e. The molecule has 1 amide bonds. The van der Waals surface area contributed by atoms with Crippen LogP contribution in [-0.4, -0.2) is 27.3 Å². The maximum absolute atomic E-state index is 14.0. The first kappa shape index (κ1) is 19.9. The van der Waals surface area contributed by atoms with Crippen molar-refractivity contribution in [2.75, 3.05) is 6.54 Å². The van der Waals surface area contributed by atoms with Gasteiger partial charge in [-0.15, -0.1) is 0 Å². The average molecular weight is 416 g/mol. The van der Waals surface area contributed by atoms with Crippen LogP contribution >= 0.6 is 0 Å². The summed E-state index contributed by atoms with van der Waals surface area (Å²) in [5, 5.41) is 0. The molecule has 1 saturated carbocycles. The predicted molar refractivity (Wildman–Crippen MR) is 118 cm³/mol. The van der Waals surface area contributed by atoms with E-state index in [-0.39, 0.29) is 17.8 Å². The van der Waals surface area contributed by atoms with E-state index in [4.69, 9.17) is 4.98 Å². The fraction of sp³-hybridized carbons (Fsp3) is 0.346. The number of carbonyl (C=O) groups excluding carboxylic acids is 1. The third-order valence-electron chi connectivity index (χ3n) is 6.81. The van der Waals surface area contributed by atoms with Gasteiger partial charge >= 0.3 is 0 Å². The largest absolute Gasteiger partial charge is 0.333 e. The zero-order valence-corrected chi connectivity index (χ0v) is 17.5. The summed E-state index contributed by atoms with van der Waals surface area (Å²) in [7, 11) is 0. The van der Waals surface area contributed by atoms with Gasteiger partial charge < -0.3 is 4.90 Å². The molecule has 5 heteroatoms. The molecule has 5 rings (SSSR count). The number of aromatic nitrogens is 2. The van der Waals surface area contributed by atoms with E-state index in [2.05, 4.69) is 4.98 Å². The lowest BCUT2D eigenvalue weighted by atomic mass is 9.77. The van der Waals surface area contributed by atoms with Gasteiger partial charge in [-0.05, 0) is 49.4 Å². The number of hydrogen-bond acceptors (Lipinski definition) is 3. The van der Waals surface area contributed by atoms with Crippen molar-refractivity contribution >= 4 is 5.91 Å². The van der Waals surface area contributed by atoms with Crippen molar-refractivity contribution in [2.24, 2.45) is 0 Å². The molecule has 3 aromatic rings. The minimum Gasteiger partial charge on any atom is -0.333 e. The molecule has 2 fully saturated rings. The Kier molecular flexibility index (Phi) is 5.26. The molecule has 4 nitrogen and oxygen atoms in total. The van der Waals surface area contributed by atoms with Gasteiger partial charge in [0.05, 0.1) is 17.2 Å². The van der Waals surface area contributed by atoms with Gasteiger partial charge in [-0.2, -0.15) is 0 Å². The SMILES string of the molecule is O=C(N1CCCC1c1ccnc(-c2ccccc2)n1)C1(c2cccc(F)c2)CCCC1. The summed E-state index contributed by atoms with van der Waals surface area (Å²) in [6.07, 6.45) is 7.15. The number of likely N-dealkylation sites (tertiary alicyclic amines) is 1. The fourth-order valence-corrected chi connectivity index (χ4v) is 5.27. The number of carbonyl (C=O) groups is 1. The minimum atomic E-state index is -0.625. The molecule has 0 bridgehead atoms. The standard InChI is InChI=1S/C26H26FN3O/c27-21-11-6-10-20(18-21)26(14-4-5-15-26)25(31)30-17-7-12-23(30)22-13-16-28-24(29-22)19-8-2-1-3-9-19/h1-3,6,8-11,13,16,18,23H,4-5,7,12,14-15,17H2. The molecule has 31 heavy (non-hydrogen) atoms. The normalized spacial score (nSPS) is 20.2. The third kappa shape index (κ3) is 3.62. The van der Waals surface area contributed by atoms with Crippen LogP contribution in [0, 0.1) is 5.82 Å². The highest BCUT2D eigenvalue weighted by atomic mass is 19.1. The van der Waals surface area contributed by atoms with Gasteiger partial charge in [-0.25, -0.2) is 14.4 Å². The summed E-state index contributed by atoms with van der Waals surface area (Å²) in [5.74, 6) is 0.522. The Morgan fingerprint density at radius 2 is 1.81 bits per heavy atom. The van der Waals surface area contributed by atoms with Crippen molar-refractivity contribution in [2.45, 2.75) is 50.0 Å². The molecule has 2 heterocycles. The van der Waals surface area contributed by atoms with Gasteiger partial charge in [-0.1, -0.05) is 55.3 Å². The molecule has 0 spiro atoms. The number of amides is 1. The smallest absolute Gasteiger partial charge is 0.233 e. The van der Waals surface area contributed by atoms with Crippen LogP contribution in [0.4, 0.5) is 4.39 Å². The second-order valence-corrected chi connectivity index (χ2v) is 8.63. The Labute approximate surface area is 182 Å². The topological polar surface area (TPSA) is 46.1 Å². The highest BCUT2D eigenvalue weighted by Gasteiger charge is 2.47. The molecule has 1 aliphatic heterocycles. The van der Waals surface area contributed by atoms with E-state index in [0.29, 0.717) is 12.4 Å². The summed E-state index contributed by atoms with van der Waals surface area (Å²) in [6.45, 7) is 0.714. The van der Waals surface area contributed by atoms with Gasteiger partial charge in [0.15, 0.2) is 5.82 Å². The first-order valence-corrected chi connectivity index (χ1v) is 11.1. The van der Waals surface area contributed by atoms with Crippen molar-refractivity contribution in [3.63, 3.8) is 0 Å². The van der Waals surface area contributed by atoms with Crippen LogP contribution in [0.1, 0.15) is 55.8 Å². The predicted octanol–water partition coefficient (Wildman–Crippen LogP) is 5.46. The molecule has 0 radical (unpaired) electrons. The van der Waals surface area contributed by atoms with E-state index < -0.39 is 5.41 Å². The minimum absolute atomic E-state index is 0.0657. The number of hydrogen-bond donors (Lipinski definition) is 0. The van der Waals surface area contributed by atoms with E-state index in [1.54, 1.807) is 18.3 Å². The second kappa shape index (κ2) is 8.22. The van der Waals surface area contributed by atoms with Crippen molar-refractivity contribution < 1.29 is 9.18 Å². The molecule has 1 unspecified atom stereocenters. The second-order valence-electron chi connectivity index (χ2n) is 8.63. The molecule has 1 aromatic heterocycles. The average Bonchev–Trinajstić information content (AvgIpc) is 3.50. The highest BCUT2D eigenvalue weighted by Crippen LogP contribution is 2.45. The summed E-state index contributed by atoms with van der Waals surface area (Å²) in [6, 6.07) is 18.4. The van der Waals surface area contributed by atoms with Crippen molar-refractivity contribution in [1.29, 1.82) is 0 Å². The third-order valence-corrected chi connectivity index (χ3v) is 6.81. The molecule has 1 atom stereocenters. The lowest BCUT2D eigenvalue weighted by Crippen LogP contribution is -2.45.